The average molecular weight is 269 g/mol. The molecule has 2 aromatic heterocycles. The van der Waals surface area contributed by atoms with Crippen LogP contribution in [0.2, 0.25) is 0 Å². The van der Waals surface area contributed by atoms with Crippen molar-refractivity contribution in [2.24, 2.45) is 0 Å². The maximum absolute atomic E-state index is 4.62. The first kappa shape index (κ1) is 13.0. The molecular weight excluding hydrogens is 250 g/mol. The summed E-state index contributed by atoms with van der Waals surface area (Å²) in [4.78, 5) is 20.1. The third-order valence-corrected chi connectivity index (χ3v) is 3.63. The normalized spacial score (nSPS) is 18.6. The van der Waals surface area contributed by atoms with Crippen LogP contribution < -0.4 is 4.90 Å². The van der Waals surface area contributed by atoms with Crippen LogP contribution in [0.5, 0.6) is 0 Å². The maximum Gasteiger partial charge on any atom is 0.151 e. The molecule has 1 atom stereocenters. The molecule has 0 N–H and O–H groups in total. The van der Waals surface area contributed by atoms with Gasteiger partial charge in [0.15, 0.2) is 5.82 Å². The fraction of sp³-hybridized carbons (Fsp3) is 0.467. The van der Waals surface area contributed by atoms with Crippen LogP contribution >= 0.6 is 0 Å². The summed E-state index contributed by atoms with van der Waals surface area (Å²) in [6, 6.07) is 4.27. The van der Waals surface area contributed by atoms with E-state index in [1.165, 1.54) is 0 Å². The summed E-state index contributed by atoms with van der Waals surface area (Å²) in [7, 11) is 0. The van der Waals surface area contributed by atoms with Gasteiger partial charge in [-0.05, 0) is 39.7 Å². The minimum absolute atomic E-state index is 0.225. The molecule has 0 radical (unpaired) electrons. The van der Waals surface area contributed by atoms with Gasteiger partial charge in [-0.3, -0.25) is 0 Å². The highest BCUT2D eigenvalue weighted by molar-refractivity contribution is 5.42. The Labute approximate surface area is 119 Å². The Hall–Kier alpha value is -2.04. The predicted octanol–water partition coefficient (Wildman–Crippen LogP) is 2.53. The Bertz CT molecular complexity index is 605. The number of nitrogens with zero attached hydrogens (tertiary/aromatic N) is 5. The molecule has 0 spiro atoms. The highest BCUT2D eigenvalue weighted by Crippen LogP contribution is 2.33. The average Bonchev–Trinajstić information content (AvgIpc) is 2.86. The van der Waals surface area contributed by atoms with Crippen LogP contribution in [-0.2, 0) is 0 Å². The fourth-order valence-electron chi connectivity index (χ4n) is 2.81. The molecule has 2 aromatic rings. The molecule has 0 amide bonds. The van der Waals surface area contributed by atoms with Crippen molar-refractivity contribution in [3.8, 4) is 0 Å². The maximum atomic E-state index is 4.62. The Kier molecular flexibility index (Phi) is 3.34. The first-order valence-electron chi connectivity index (χ1n) is 7.01. The zero-order valence-electron chi connectivity index (χ0n) is 12.2. The predicted molar refractivity (Wildman–Crippen MR) is 77.6 cm³/mol. The lowest BCUT2D eigenvalue weighted by Gasteiger charge is -2.25. The van der Waals surface area contributed by atoms with Crippen molar-refractivity contribution in [3.05, 3.63) is 41.4 Å². The number of hydrogen-bond acceptors (Lipinski definition) is 5. The third kappa shape index (κ3) is 2.48. The van der Waals surface area contributed by atoms with Crippen LogP contribution in [0.25, 0.3) is 0 Å². The molecule has 5 heteroatoms. The lowest BCUT2D eigenvalue weighted by molar-refractivity contribution is 0.652. The van der Waals surface area contributed by atoms with Crippen molar-refractivity contribution in [2.45, 2.75) is 39.7 Å². The van der Waals surface area contributed by atoms with Gasteiger partial charge in [0.2, 0.25) is 0 Å². The zero-order chi connectivity index (χ0) is 14.1. The van der Waals surface area contributed by atoms with Crippen LogP contribution in [0.4, 0.5) is 5.82 Å². The standard InChI is InChI=1S/C15H19N5/c1-10-8-14(17-9-16-10)20-6-4-5-13(20)15-18-11(2)7-12(3)19-15/h7-9,13H,4-6H2,1-3H3. The van der Waals surface area contributed by atoms with Crippen LogP contribution in [0, 0.1) is 20.8 Å². The number of rotatable bonds is 2. The first-order valence-corrected chi connectivity index (χ1v) is 7.01. The largest absolute Gasteiger partial charge is 0.346 e. The van der Waals surface area contributed by atoms with E-state index in [0.717, 1.165) is 48.1 Å². The summed E-state index contributed by atoms with van der Waals surface area (Å²) < 4.78 is 0. The Morgan fingerprint density at radius 1 is 1.00 bits per heavy atom. The summed E-state index contributed by atoms with van der Waals surface area (Å²) in [5.74, 6) is 1.89. The van der Waals surface area contributed by atoms with E-state index < -0.39 is 0 Å². The SMILES string of the molecule is Cc1cc(N2CCCC2c2nc(C)cc(C)n2)ncn1. The van der Waals surface area contributed by atoms with E-state index in [1.54, 1.807) is 6.33 Å². The molecule has 1 unspecified atom stereocenters. The molecule has 0 aliphatic carbocycles. The Morgan fingerprint density at radius 2 is 1.75 bits per heavy atom. The van der Waals surface area contributed by atoms with Gasteiger partial charge in [-0.1, -0.05) is 0 Å². The van der Waals surface area contributed by atoms with Crippen LogP contribution in [0.1, 0.15) is 41.8 Å². The van der Waals surface area contributed by atoms with Crippen LogP contribution in [-0.4, -0.2) is 26.5 Å². The van der Waals surface area contributed by atoms with Gasteiger partial charge in [0.1, 0.15) is 12.1 Å². The van der Waals surface area contributed by atoms with E-state index in [0.29, 0.717) is 0 Å². The van der Waals surface area contributed by atoms with Crippen molar-refractivity contribution in [3.63, 3.8) is 0 Å². The van der Waals surface area contributed by atoms with Crippen molar-refractivity contribution in [2.75, 3.05) is 11.4 Å². The molecule has 1 fully saturated rings. The van der Waals surface area contributed by atoms with Crippen molar-refractivity contribution < 1.29 is 0 Å². The van der Waals surface area contributed by atoms with Crippen LogP contribution in [0.15, 0.2) is 18.5 Å². The lowest BCUT2D eigenvalue weighted by atomic mass is 10.2. The monoisotopic (exact) mass is 269 g/mol. The molecule has 3 heterocycles. The number of anilines is 1. The summed E-state index contributed by atoms with van der Waals surface area (Å²) >= 11 is 0. The number of hydrogen-bond donors (Lipinski definition) is 0. The smallest absolute Gasteiger partial charge is 0.151 e. The topological polar surface area (TPSA) is 54.8 Å². The summed E-state index contributed by atoms with van der Waals surface area (Å²) in [5.41, 5.74) is 3.04. The van der Waals surface area contributed by atoms with E-state index >= 15 is 0 Å². The number of aromatic nitrogens is 4. The molecule has 1 aliphatic rings. The van der Waals surface area contributed by atoms with E-state index in [-0.39, 0.29) is 6.04 Å². The lowest BCUT2D eigenvalue weighted by Crippen LogP contribution is -2.25. The van der Waals surface area contributed by atoms with Gasteiger partial charge in [0.05, 0.1) is 6.04 Å². The molecule has 20 heavy (non-hydrogen) atoms. The minimum atomic E-state index is 0.225. The molecular formula is C15H19N5. The molecule has 0 bridgehead atoms. The van der Waals surface area contributed by atoms with Crippen LogP contribution in [0.3, 0.4) is 0 Å². The first-order chi connectivity index (χ1) is 9.63. The summed E-state index contributed by atoms with van der Waals surface area (Å²) in [6.45, 7) is 7.03. The second kappa shape index (κ2) is 5.15. The quantitative estimate of drug-likeness (QED) is 0.838. The molecule has 1 saturated heterocycles. The van der Waals surface area contributed by atoms with E-state index in [2.05, 4.69) is 24.8 Å². The zero-order valence-corrected chi connectivity index (χ0v) is 12.2. The second-order valence-electron chi connectivity index (χ2n) is 5.38. The molecule has 0 aromatic carbocycles. The number of aryl methyl sites for hydroxylation is 3. The van der Waals surface area contributed by atoms with Gasteiger partial charge >= 0.3 is 0 Å². The van der Waals surface area contributed by atoms with Gasteiger partial charge in [-0.25, -0.2) is 19.9 Å². The van der Waals surface area contributed by atoms with Crippen molar-refractivity contribution in [1.29, 1.82) is 0 Å². The Balaban J connectivity index is 1.96. The molecule has 1 aliphatic heterocycles. The van der Waals surface area contributed by atoms with Crippen molar-refractivity contribution in [1.82, 2.24) is 19.9 Å². The molecule has 104 valence electrons. The van der Waals surface area contributed by atoms with Gasteiger partial charge in [-0.15, -0.1) is 0 Å². The second-order valence-corrected chi connectivity index (χ2v) is 5.38. The van der Waals surface area contributed by atoms with Gasteiger partial charge in [0.25, 0.3) is 0 Å². The van der Waals surface area contributed by atoms with E-state index in [4.69, 9.17) is 0 Å². The van der Waals surface area contributed by atoms with E-state index in [1.807, 2.05) is 32.9 Å². The van der Waals surface area contributed by atoms with Gasteiger partial charge < -0.3 is 4.90 Å². The third-order valence-electron chi connectivity index (χ3n) is 3.63. The summed E-state index contributed by atoms with van der Waals surface area (Å²) in [6.07, 6.45) is 3.85. The van der Waals surface area contributed by atoms with Gasteiger partial charge in [-0.2, -0.15) is 0 Å². The molecule has 3 rings (SSSR count). The van der Waals surface area contributed by atoms with E-state index in [9.17, 15) is 0 Å². The molecule has 0 saturated carbocycles. The highest BCUT2D eigenvalue weighted by atomic mass is 15.3. The van der Waals surface area contributed by atoms with Crippen molar-refractivity contribution >= 4 is 5.82 Å². The fourth-order valence-corrected chi connectivity index (χ4v) is 2.81. The Morgan fingerprint density at radius 3 is 2.45 bits per heavy atom. The van der Waals surface area contributed by atoms with Gasteiger partial charge in [0, 0.05) is 29.7 Å². The highest BCUT2D eigenvalue weighted by Gasteiger charge is 2.29. The molecule has 5 nitrogen and oxygen atoms in total. The summed E-state index contributed by atoms with van der Waals surface area (Å²) in [5, 5.41) is 0. The minimum Gasteiger partial charge on any atom is -0.346 e.